The summed E-state index contributed by atoms with van der Waals surface area (Å²) < 4.78 is 5.32. The van der Waals surface area contributed by atoms with Gasteiger partial charge in [-0.15, -0.1) is 11.8 Å². The molecule has 0 aliphatic rings. The Balaban J connectivity index is 2.12. The minimum absolute atomic E-state index is 0.0104. The molecule has 1 unspecified atom stereocenters. The molecule has 2 amide bonds. The van der Waals surface area contributed by atoms with Crippen molar-refractivity contribution < 1.29 is 14.3 Å². The van der Waals surface area contributed by atoms with Gasteiger partial charge in [0.1, 0.15) is 11.8 Å². The number of rotatable bonds is 13. The summed E-state index contributed by atoms with van der Waals surface area (Å²) in [5, 5.41) is 3.00. The molecule has 0 saturated carbocycles. The number of nitrogens with zero attached hydrogens (tertiary/aromatic N) is 1. The second kappa shape index (κ2) is 13.8. The standard InChI is InChI=1S/C25H34N2O3S/c1-4-6-16-26-25(29)23(5-2)27(19-20-11-10-12-21(18-20)30-3)24(28)15-17-31-22-13-8-7-9-14-22/h7-14,18,23H,4-6,15-17,19H2,1-3H3,(H,26,29). The fraction of sp³-hybridized carbons (Fsp3) is 0.440. The first kappa shape index (κ1) is 24.8. The van der Waals surface area contributed by atoms with Crippen LogP contribution in [-0.4, -0.2) is 42.2 Å². The summed E-state index contributed by atoms with van der Waals surface area (Å²) in [6.45, 7) is 5.06. The molecule has 0 aromatic heterocycles. The maximum atomic E-state index is 13.2. The summed E-state index contributed by atoms with van der Waals surface area (Å²) in [4.78, 5) is 29.0. The van der Waals surface area contributed by atoms with Gasteiger partial charge < -0.3 is 15.0 Å². The second-order valence-electron chi connectivity index (χ2n) is 7.35. The SMILES string of the molecule is CCCCNC(=O)C(CC)N(Cc1cccc(OC)c1)C(=O)CCSc1ccccc1. The molecule has 0 radical (unpaired) electrons. The van der Waals surface area contributed by atoms with Gasteiger partial charge in [-0.25, -0.2) is 0 Å². The quantitative estimate of drug-likeness (QED) is 0.354. The van der Waals surface area contributed by atoms with E-state index >= 15 is 0 Å². The molecule has 0 saturated heterocycles. The van der Waals surface area contributed by atoms with E-state index in [-0.39, 0.29) is 11.8 Å². The Kier molecular flexibility index (Phi) is 11.0. The Labute approximate surface area is 190 Å². The van der Waals surface area contributed by atoms with Gasteiger partial charge in [-0.2, -0.15) is 0 Å². The average Bonchev–Trinajstić information content (AvgIpc) is 2.80. The van der Waals surface area contributed by atoms with Crippen molar-refractivity contribution in [1.82, 2.24) is 10.2 Å². The van der Waals surface area contributed by atoms with Crippen LogP contribution in [0.3, 0.4) is 0 Å². The molecule has 0 heterocycles. The first-order valence-corrected chi connectivity index (χ1v) is 12.0. The summed E-state index contributed by atoms with van der Waals surface area (Å²) in [7, 11) is 1.62. The molecule has 2 aromatic rings. The lowest BCUT2D eigenvalue weighted by Gasteiger charge is -2.31. The summed E-state index contributed by atoms with van der Waals surface area (Å²) in [5.41, 5.74) is 0.947. The highest BCUT2D eigenvalue weighted by Crippen LogP contribution is 2.21. The number of hydrogen-bond donors (Lipinski definition) is 1. The first-order chi connectivity index (χ1) is 15.1. The van der Waals surface area contributed by atoms with E-state index in [1.807, 2.05) is 61.5 Å². The number of thioether (sulfide) groups is 1. The lowest BCUT2D eigenvalue weighted by atomic mass is 10.1. The van der Waals surface area contributed by atoms with Crippen LogP contribution in [0, 0.1) is 0 Å². The zero-order chi connectivity index (χ0) is 22.5. The fourth-order valence-corrected chi connectivity index (χ4v) is 4.17. The monoisotopic (exact) mass is 442 g/mol. The summed E-state index contributed by atoms with van der Waals surface area (Å²) in [6.07, 6.45) is 2.89. The van der Waals surface area contributed by atoms with Crippen LogP contribution >= 0.6 is 11.8 Å². The van der Waals surface area contributed by atoms with Crippen molar-refractivity contribution in [3.8, 4) is 5.75 Å². The number of carbonyl (C=O) groups is 2. The molecule has 5 nitrogen and oxygen atoms in total. The van der Waals surface area contributed by atoms with E-state index in [9.17, 15) is 9.59 Å². The smallest absolute Gasteiger partial charge is 0.242 e. The third kappa shape index (κ3) is 8.29. The summed E-state index contributed by atoms with van der Waals surface area (Å²) in [6, 6.07) is 17.2. The van der Waals surface area contributed by atoms with Gasteiger partial charge >= 0.3 is 0 Å². The van der Waals surface area contributed by atoms with Crippen LogP contribution < -0.4 is 10.1 Å². The Bertz CT molecular complexity index is 813. The van der Waals surface area contributed by atoms with Crippen molar-refractivity contribution in [2.75, 3.05) is 19.4 Å². The van der Waals surface area contributed by atoms with E-state index in [2.05, 4.69) is 12.2 Å². The van der Waals surface area contributed by atoms with Gasteiger partial charge in [-0.1, -0.05) is 50.6 Å². The summed E-state index contributed by atoms with van der Waals surface area (Å²) in [5.74, 6) is 1.32. The molecule has 6 heteroatoms. The van der Waals surface area contributed by atoms with E-state index < -0.39 is 6.04 Å². The van der Waals surface area contributed by atoms with E-state index in [0.717, 1.165) is 29.1 Å². The molecule has 0 spiro atoms. The molecule has 0 fully saturated rings. The highest BCUT2D eigenvalue weighted by atomic mass is 32.2. The van der Waals surface area contributed by atoms with Crippen molar-refractivity contribution in [1.29, 1.82) is 0 Å². The van der Waals surface area contributed by atoms with Gasteiger partial charge in [0.05, 0.1) is 7.11 Å². The van der Waals surface area contributed by atoms with Gasteiger partial charge in [-0.05, 0) is 42.7 Å². The van der Waals surface area contributed by atoms with Gasteiger partial charge in [0.2, 0.25) is 11.8 Å². The van der Waals surface area contributed by atoms with E-state index in [1.165, 1.54) is 0 Å². The van der Waals surface area contributed by atoms with Crippen LogP contribution in [0.4, 0.5) is 0 Å². The van der Waals surface area contributed by atoms with Crippen LogP contribution in [0.15, 0.2) is 59.5 Å². The van der Waals surface area contributed by atoms with Crippen molar-refractivity contribution >= 4 is 23.6 Å². The topological polar surface area (TPSA) is 58.6 Å². The molecule has 168 valence electrons. The Morgan fingerprint density at radius 3 is 2.55 bits per heavy atom. The Morgan fingerprint density at radius 1 is 1.10 bits per heavy atom. The normalized spacial score (nSPS) is 11.6. The van der Waals surface area contributed by atoms with Crippen molar-refractivity contribution in [2.24, 2.45) is 0 Å². The van der Waals surface area contributed by atoms with Gasteiger partial charge in [0, 0.05) is 30.2 Å². The molecule has 2 aromatic carbocycles. The molecule has 2 rings (SSSR count). The predicted octanol–water partition coefficient (Wildman–Crippen LogP) is 4.90. The molecule has 0 bridgehead atoms. The number of unbranched alkanes of at least 4 members (excludes halogenated alkanes) is 1. The first-order valence-electron chi connectivity index (χ1n) is 11.0. The second-order valence-corrected chi connectivity index (χ2v) is 8.52. The van der Waals surface area contributed by atoms with Crippen molar-refractivity contribution in [3.05, 3.63) is 60.2 Å². The minimum atomic E-state index is -0.489. The molecular formula is C25H34N2O3S. The van der Waals surface area contributed by atoms with E-state index in [1.54, 1.807) is 23.8 Å². The number of benzene rings is 2. The lowest BCUT2D eigenvalue weighted by Crippen LogP contribution is -2.49. The van der Waals surface area contributed by atoms with Crippen molar-refractivity contribution in [3.63, 3.8) is 0 Å². The zero-order valence-electron chi connectivity index (χ0n) is 18.8. The molecular weight excluding hydrogens is 408 g/mol. The molecule has 31 heavy (non-hydrogen) atoms. The molecule has 1 N–H and O–H groups in total. The molecule has 0 aliphatic heterocycles. The van der Waals surface area contributed by atoms with Gasteiger partial charge in [0.15, 0.2) is 0 Å². The van der Waals surface area contributed by atoms with Crippen LogP contribution in [0.2, 0.25) is 0 Å². The maximum Gasteiger partial charge on any atom is 0.242 e. The number of carbonyl (C=O) groups excluding carboxylic acids is 2. The van der Waals surface area contributed by atoms with Crippen LogP contribution in [0.25, 0.3) is 0 Å². The van der Waals surface area contributed by atoms with Crippen LogP contribution in [0.1, 0.15) is 45.1 Å². The minimum Gasteiger partial charge on any atom is -0.497 e. The van der Waals surface area contributed by atoms with E-state index in [0.29, 0.717) is 31.7 Å². The fourth-order valence-electron chi connectivity index (χ4n) is 3.31. The molecule has 0 aliphatic carbocycles. The Morgan fingerprint density at radius 2 is 1.87 bits per heavy atom. The van der Waals surface area contributed by atoms with E-state index in [4.69, 9.17) is 4.74 Å². The lowest BCUT2D eigenvalue weighted by molar-refractivity contribution is -0.141. The van der Waals surface area contributed by atoms with Crippen LogP contribution in [-0.2, 0) is 16.1 Å². The number of hydrogen-bond acceptors (Lipinski definition) is 4. The predicted molar refractivity (Wildman–Crippen MR) is 127 cm³/mol. The number of methoxy groups -OCH3 is 1. The average molecular weight is 443 g/mol. The summed E-state index contributed by atoms with van der Waals surface area (Å²) >= 11 is 1.66. The third-order valence-corrected chi connectivity index (χ3v) is 6.04. The molecule has 1 atom stereocenters. The Hall–Kier alpha value is -2.47. The van der Waals surface area contributed by atoms with Crippen LogP contribution in [0.5, 0.6) is 5.75 Å². The van der Waals surface area contributed by atoms with Gasteiger partial charge in [0.25, 0.3) is 0 Å². The number of amides is 2. The third-order valence-electron chi connectivity index (χ3n) is 5.03. The van der Waals surface area contributed by atoms with Gasteiger partial charge in [-0.3, -0.25) is 9.59 Å². The zero-order valence-corrected chi connectivity index (χ0v) is 19.6. The number of ether oxygens (including phenoxy) is 1. The van der Waals surface area contributed by atoms with Crippen molar-refractivity contribution in [2.45, 2.75) is 57.0 Å². The number of nitrogens with one attached hydrogen (secondary N) is 1. The maximum absolute atomic E-state index is 13.2. The highest BCUT2D eigenvalue weighted by molar-refractivity contribution is 7.99. The largest absolute Gasteiger partial charge is 0.497 e. The highest BCUT2D eigenvalue weighted by Gasteiger charge is 2.28.